The average Bonchev–Trinajstić information content (AvgIpc) is 3.33. The second kappa shape index (κ2) is 9.15. The van der Waals surface area contributed by atoms with Gasteiger partial charge in [-0.25, -0.2) is 26.6 Å². The van der Waals surface area contributed by atoms with Crippen LogP contribution >= 0.6 is 0 Å². The lowest BCUT2D eigenvalue weighted by Gasteiger charge is -2.16. The van der Waals surface area contributed by atoms with Crippen LogP contribution in [0.3, 0.4) is 0 Å². The highest BCUT2D eigenvalue weighted by Crippen LogP contribution is 2.23. The van der Waals surface area contributed by atoms with Gasteiger partial charge in [-0.2, -0.15) is 18.0 Å². The van der Waals surface area contributed by atoms with E-state index >= 15 is 4.39 Å². The second-order valence-electron chi connectivity index (χ2n) is 7.20. The monoisotopic (exact) mass is 502 g/mol. The van der Waals surface area contributed by atoms with Crippen molar-refractivity contribution in [2.75, 3.05) is 25.5 Å². The Morgan fingerprint density at radius 3 is 2.58 bits per heavy atom. The molecule has 1 atom stereocenters. The third-order valence-electron chi connectivity index (χ3n) is 5.01. The molecule has 0 radical (unpaired) electrons. The van der Waals surface area contributed by atoms with E-state index in [1.54, 1.807) is 6.07 Å². The Morgan fingerprint density at radius 2 is 1.94 bits per heavy atom. The molecule has 1 fully saturated rings. The van der Waals surface area contributed by atoms with Crippen LogP contribution < -0.4 is 14.8 Å². The van der Waals surface area contributed by atoms with Crippen LogP contribution in [0.15, 0.2) is 29.3 Å². The van der Waals surface area contributed by atoms with E-state index in [-0.39, 0.29) is 30.8 Å². The van der Waals surface area contributed by atoms with Crippen LogP contribution in [0.4, 0.5) is 14.5 Å². The molecule has 2 heterocycles. The molecule has 178 valence electrons. The molecule has 1 saturated heterocycles. The number of benzene rings is 1. The molecular weight excluding hydrogens is 482 g/mol. The van der Waals surface area contributed by atoms with Gasteiger partial charge in [-0.1, -0.05) is 0 Å². The molecule has 1 amide bonds. The number of nitrogens with zero attached hydrogens (tertiary/aromatic N) is 3. The number of hydrogen-bond donors (Lipinski definition) is 3. The van der Waals surface area contributed by atoms with E-state index in [2.05, 4.69) is 14.8 Å². The van der Waals surface area contributed by atoms with Crippen LogP contribution in [0.2, 0.25) is 0 Å². The normalized spacial score (nSPS) is 17.1. The summed E-state index contributed by atoms with van der Waals surface area (Å²) in [6.45, 7) is -0.0698. The van der Waals surface area contributed by atoms with E-state index in [9.17, 15) is 26.0 Å². The SMILES string of the molecule is CNS(=O)(=O)N1CC[C@@H](NS(=O)(=O)c2cn(C)c(C(=O)Nc3ccc(F)c(C#N)c3)c2F)C1. The third kappa shape index (κ3) is 5.04. The smallest absolute Gasteiger partial charge is 0.279 e. The van der Waals surface area contributed by atoms with Gasteiger partial charge in [0.1, 0.15) is 22.5 Å². The number of nitriles is 1. The number of hydrogen-bond acceptors (Lipinski definition) is 6. The fourth-order valence-corrected chi connectivity index (χ4v) is 5.72. The fraction of sp³-hybridized carbons (Fsp3) is 0.333. The summed E-state index contributed by atoms with van der Waals surface area (Å²) >= 11 is 0. The first-order valence-electron chi connectivity index (χ1n) is 9.46. The minimum Gasteiger partial charge on any atom is -0.343 e. The largest absolute Gasteiger partial charge is 0.343 e. The van der Waals surface area contributed by atoms with Crippen molar-refractivity contribution in [1.82, 2.24) is 18.3 Å². The van der Waals surface area contributed by atoms with Crippen LogP contribution in [0.25, 0.3) is 0 Å². The highest BCUT2D eigenvalue weighted by atomic mass is 32.2. The molecule has 2 aromatic rings. The van der Waals surface area contributed by atoms with Crippen LogP contribution in [-0.4, -0.2) is 57.8 Å². The first-order valence-corrected chi connectivity index (χ1v) is 12.4. The highest BCUT2D eigenvalue weighted by molar-refractivity contribution is 7.89. The van der Waals surface area contributed by atoms with Gasteiger partial charge < -0.3 is 9.88 Å². The summed E-state index contributed by atoms with van der Waals surface area (Å²) in [4.78, 5) is 11.8. The van der Waals surface area contributed by atoms with Crippen molar-refractivity contribution in [3.8, 4) is 6.07 Å². The number of nitrogens with one attached hydrogen (secondary N) is 3. The highest BCUT2D eigenvalue weighted by Gasteiger charge is 2.35. The van der Waals surface area contributed by atoms with Crippen LogP contribution in [0, 0.1) is 23.0 Å². The lowest BCUT2D eigenvalue weighted by atomic mass is 10.2. The van der Waals surface area contributed by atoms with E-state index < -0.39 is 54.4 Å². The van der Waals surface area contributed by atoms with Crippen molar-refractivity contribution in [3.63, 3.8) is 0 Å². The van der Waals surface area contributed by atoms with Crippen molar-refractivity contribution < 1.29 is 30.4 Å². The molecule has 11 nitrogen and oxygen atoms in total. The molecule has 0 spiro atoms. The summed E-state index contributed by atoms with van der Waals surface area (Å²) in [5.41, 5.74) is -0.930. The van der Waals surface area contributed by atoms with E-state index in [0.717, 1.165) is 27.2 Å². The number of rotatable bonds is 7. The number of sulfonamides is 1. The third-order valence-corrected chi connectivity index (χ3v) is 8.04. The Hall–Kier alpha value is -2.90. The minimum absolute atomic E-state index is 0.0119. The number of aromatic nitrogens is 1. The van der Waals surface area contributed by atoms with Gasteiger partial charge in [0.25, 0.3) is 16.1 Å². The summed E-state index contributed by atoms with van der Waals surface area (Å²) in [5.74, 6) is -3.13. The van der Waals surface area contributed by atoms with Gasteiger partial charge in [0.2, 0.25) is 10.0 Å². The number of amides is 1. The maximum absolute atomic E-state index is 15.0. The maximum Gasteiger partial charge on any atom is 0.279 e. The van der Waals surface area contributed by atoms with Crippen LogP contribution in [-0.2, 0) is 27.3 Å². The predicted molar refractivity (Wildman–Crippen MR) is 113 cm³/mol. The zero-order chi connectivity index (χ0) is 24.6. The summed E-state index contributed by atoms with van der Waals surface area (Å²) in [7, 11) is -5.68. The molecule has 1 aromatic carbocycles. The molecular formula is C18H20F2N6O5S2. The number of halogens is 2. The van der Waals surface area contributed by atoms with Crippen molar-refractivity contribution in [2.45, 2.75) is 17.4 Å². The molecule has 1 aliphatic rings. The van der Waals surface area contributed by atoms with Gasteiger partial charge in [0, 0.05) is 45.1 Å². The standard InChI is InChI=1S/C18H20F2N6O5S2/c1-22-33(30,31)26-6-5-13(9-26)24-32(28,29)15-10-25(2)17(16(15)20)18(27)23-12-3-4-14(19)11(7-12)8-21/h3-4,7,10,13,22,24H,5-6,9H2,1-2H3,(H,23,27)/t13-/m1/s1. The summed E-state index contributed by atoms with van der Waals surface area (Å²) in [6.07, 6.45) is 1.09. The molecule has 3 N–H and O–H groups in total. The fourth-order valence-electron chi connectivity index (χ4n) is 3.35. The van der Waals surface area contributed by atoms with E-state index in [1.165, 1.54) is 20.2 Å². The first-order chi connectivity index (χ1) is 15.4. The lowest BCUT2D eigenvalue weighted by molar-refractivity contribution is 0.101. The van der Waals surface area contributed by atoms with E-state index in [4.69, 9.17) is 5.26 Å². The maximum atomic E-state index is 15.0. The van der Waals surface area contributed by atoms with Gasteiger partial charge in [0.05, 0.1) is 5.56 Å². The molecule has 0 unspecified atom stereocenters. The predicted octanol–water partition coefficient (Wildman–Crippen LogP) is 0.244. The quantitative estimate of drug-likeness (QED) is 0.493. The van der Waals surface area contributed by atoms with Crippen molar-refractivity contribution >= 4 is 31.8 Å². The summed E-state index contributed by atoms with van der Waals surface area (Å²) in [5, 5.41) is 11.2. The molecule has 1 aliphatic heterocycles. The zero-order valence-electron chi connectivity index (χ0n) is 17.5. The second-order valence-corrected chi connectivity index (χ2v) is 10.8. The zero-order valence-corrected chi connectivity index (χ0v) is 19.1. The Bertz CT molecular complexity index is 1350. The lowest BCUT2D eigenvalue weighted by Crippen LogP contribution is -2.41. The number of aryl methyl sites for hydroxylation is 1. The molecule has 0 bridgehead atoms. The molecule has 3 rings (SSSR count). The van der Waals surface area contributed by atoms with E-state index in [1.807, 2.05) is 0 Å². The minimum atomic E-state index is -4.43. The molecule has 1 aromatic heterocycles. The van der Waals surface area contributed by atoms with Crippen molar-refractivity contribution in [3.05, 3.63) is 47.3 Å². The Labute approximate surface area is 189 Å². The van der Waals surface area contributed by atoms with Gasteiger partial charge in [0.15, 0.2) is 5.82 Å². The molecule has 0 saturated carbocycles. The number of anilines is 1. The van der Waals surface area contributed by atoms with Crippen molar-refractivity contribution in [1.29, 1.82) is 5.26 Å². The number of carbonyl (C=O) groups is 1. The first kappa shape index (κ1) is 24.7. The van der Waals surface area contributed by atoms with Crippen molar-refractivity contribution in [2.24, 2.45) is 7.05 Å². The Kier molecular flexibility index (Phi) is 6.86. The van der Waals surface area contributed by atoms with Crippen LogP contribution in [0.1, 0.15) is 22.5 Å². The average molecular weight is 503 g/mol. The summed E-state index contributed by atoms with van der Waals surface area (Å²) < 4.78 is 84.1. The Balaban J connectivity index is 1.81. The van der Waals surface area contributed by atoms with Gasteiger partial charge >= 0.3 is 0 Å². The number of carbonyl (C=O) groups excluding carboxylic acids is 1. The summed E-state index contributed by atoms with van der Waals surface area (Å²) in [6, 6.07) is 3.99. The molecule has 0 aliphatic carbocycles. The molecule has 33 heavy (non-hydrogen) atoms. The van der Waals surface area contributed by atoms with Gasteiger partial charge in [-0.05, 0) is 24.6 Å². The topological polar surface area (TPSA) is 153 Å². The molecule has 15 heteroatoms. The van der Waals surface area contributed by atoms with Gasteiger partial charge in [-0.15, -0.1) is 0 Å². The van der Waals surface area contributed by atoms with E-state index in [0.29, 0.717) is 0 Å². The Morgan fingerprint density at radius 1 is 1.24 bits per heavy atom. The van der Waals surface area contributed by atoms with Crippen LogP contribution in [0.5, 0.6) is 0 Å². The van der Waals surface area contributed by atoms with Gasteiger partial charge in [-0.3, -0.25) is 4.79 Å².